The Morgan fingerprint density at radius 1 is 1.33 bits per heavy atom. The van der Waals surface area contributed by atoms with Crippen LogP contribution < -0.4 is 4.90 Å². The smallest absolute Gasteiger partial charge is 0.308 e. The molecule has 2 saturated heterocycles. The number of carboxylic acids is 1. The van der Waals surface area contributed by atoms with Crippen molar-refractivity contribution in [2.45, 2.75) is 31.3 Å². The molecule has 0 radical (unpaired) electrons. The average Bonchev–Trinajstić information content (AvgIpc) is 3.03. The number of hydrogen-bond donors (Lipinski definition) is 1. The molecule has 0 aliphatic carbocycles. The van der Waals surface area contributed by atoms with Crippen molar-refractivity contribution in [2.24, 2.45) is 5.92 Å². The third-order valence-electron chi connectivity index (χ3n) is 4.81. The van der Waals surface area contributed by atoms with E-state index in [1.165, 1.54) is 0 Å². The van der Waals surface area contributed by atoms with Gasteiger partial charge in [0.15, 0.2) is 0 Å². The van der Waals surface area contributed by atoms with Crippen molar-refractivity contribution in [3.8, 4) is 0 Å². The van der Waals surface area contributed by atoms with E-state index in [1.807, 2.05) is 24.3 Å². The van der Waals surface area contributed by atoms with Crippen LogP contribution in [0.2, 0.25) is 5.02 Å². The van der Waals surface area contributed by atoms with Crippen LogP contribution >= 0.6 is 11.6 Å². The summed E-state index contributed by atoms with van der Waals surface area (Å²) in [6, 6.07) is 8.12. The SMILES string of the molecule is O=C(O)C1CC2CCC1N2c1ccnc2cc(Cl)ccc12. The highest BCUT2D eigenvalue weighted by molar-refractivity contribution is 6.31. The third kappa shape index (κ3) is 1.89. The van der Waals surface area contributed by atoms with Gasteiger partial charge < -0.3 is 10.0 Å². The molecule has 4 rings (SSSR count). The molecule has 2 aliphatic rings. The molecule has 21 heavy (non-hydrogen) atoms. The zero-order chi connectivity index (χ0) is 14.6. The molecule has 3 atom stereocenters. The van der Waals surface area contributed by atoms with E-state index in [4.69, 9.17) is 11.6 Å². The first kappa shape index (κ1) is 12.9. The fraction of sp³-hybridized carbons (Fsp3) is 0.375. The van der Waals surface area contributed by atoms with Crippen molar-refractivity contribution < 1.29 is 9.90 Å². The van der Waals surface area contributed by atoms with Crippen LogP contribution in [-0.4, -0.2) is 28.1 Å². The van der Waals surface area contributed by atoms with E-state index in [2.05, 4.69) is 9.88 Å². The summed E-state index contributed by atoms with van der Waals surface area (Å²) in [6.45, 7) is 0. The summed E-state index contributed by atoms with van der Waals surface area (Å²) in [4.78, 5) is 18.1. The second kappa shape index (κ2) is 4.60. The Morgan fingerprint density at radius 3 is 2.95 bits per heavy atom. The molecule has 108 valence electrons. The predicted octanol–water partition coefficient (Wildman–Crippen LogP) is 3.33. The number of rotatable bonds is 2. The second-order valence-corrected chi connectivity index (χ2v) is 6.31. The maximum Gasteiger partial charge on any atom is 0.308 e. The van der Waals surface area contributed by atoms with Gasteiger partial charge in [-0.1, -0.05) is 11.6 Å². The summed E-state index contributed by atoms with van der Waals surface area (Å²) in [5.74, 6) is -0.923. The van der Waals surface area contributed by atoms with Crippen LogP contribution in [-0.2, 0) is 4.79 Å². The maximum atomic E-state index is 11.4. The Hall–Kier alpha value is -1.81. The molecule has 1 N–H and O–H groups in total. The van der Waals surface area contributed by atoms with Crippen molar-refractivity contribution in [1.29, 1.82) is 0 Å². The van der Waals surface area contributed by atoms with Gasteiger partial charge in [0.2, 0.25) is 0 Å². The van der Waals surface area contributed by atoms with Crippen molar-refractivity contribution in [3.05, 3.63) is 35.5 Å². The normalized spacial score (nSPS) is 27.5. The van der Waals surface area contributed by atoms with Crippen LogP contribution in [0.25, 0.3) is 10.9 Å². The highest BCUT2D eigenvalue weighted by atomic mass is 35.5. The van der Waals surface area contributed by atoms with Gasteiger partial charge in [-0.15, -0.1) is 0 Å². The first-order valence-corrected chi connectivity index (χ1v) is 7.58. The largest absolute Gasteiger partial charge is 0.481 e. The third-order valence-corrected chi connectivity index (χ3v) is 5.05. The minimum atomic E-state index is -0.673. The summed E-state index contributed by atoms with van der Waals surface area (Å²) < 4.78 is 0. The summed E-state index contributed by atoms with van der Waals surface area (Å²) in [5, 5.41) is 11.1. The lowest BCUT2D eigenvalue weighted by Gasteiger charge is -2.26. The van der Waals surface area contributed by atoms with Crippen molar-refractivity contribution in [1.82, 2.24) is 4.98 Å². The summed E-state index contributed by atoms with van der Waals surface area (Å²) in [5.41, 5.74) is 1.95. The molecule has 3 unspecified atom stereocenters. The zero-order valence-electron chi connectivity index (χ0n) is 11.4. The number of carbonyl (C=O) groups is 1. The maximum absolute atomic E-state index is 11.4. The molecule has 1 aromatic carbocycles. The predicted molar refractivity (Wildman–Crippen MR) is 81.8 cm³/mol. The van der Waals surface area contributed by atoms with Gasteiger partial charge in [0.25, 0.3) is 0 Å². The lowest BCUT2D eigenvalue weighted by atomic mass is 9.89. The molecule has 1 aromatic heterocycles. The molecule has 4 nitrogen and oxygen atoms in total. The summed E-state index contributed by atoms with van der Waals surface area (Å²) in [6.07, 6.45) is 4.56. The topological polar surface area (TPSA) is 53.4 Å². The Bertz CT molecular complexity index is 733. The molecule has 2 aliphatic heterocycles. The quantitative estimate of drug-likeness (QED) is 0.924. The first-order valence-electron chi connectivity index (χ1n) is 7.20. The molecule has 0 amide bonds. The Kier molecular flexibility index (Phi) is 2.82. The van der Waals surface area contributed by atoms with E-state index in [-0.39, 0.29) is 12.0 Å². The zero-order valence-corrected chi connectivity index (χ0v) is 12.1. The van der Waals surface area contributed by atoms with Crippen LogP contribution in [0.3, 0.4) is 0 Å². The summed E-state index contributed by atoms with van der Waals surface area (Å²) >= 11 is 6.03. The van der Waals surface area contributed by atoms with Gasteiger partial charge in [0.05, 0.1) is 11.4 Å². The molecule has 0 spiro atoms. The van der Waals surface area contributed by atoms with Crippen LogP contribution in [0.4, 0.5) is 5.69 Å². The average molecular weight is 303 g/mol. The van der Waals surface area contributed by atoms with Crippen LogP contribution in [0.15, 0.2) is 30.5 Å². The Labute approximate surface area is 127 Å². The Balaban J connectivity index is 1.83. The van der Waals surface area contributed by atoms with E-state index in [1.54, 1.807) is 6.20 Å². The minimum absolute atomic E-state index is 0.105. The van der Waals surface area contributed by atoms with Gasteiger partial charge in [-0.05, 0) is 43.5 Å². The number of hydrogen-bond acceptors (Lipinski definition) is 3. The lowest BCUT2D eigenvalue weighted by molar-refractivity contribution is -0.142. The van der Waals surface area contributed by atoms with Crippen LogP contribution in [0, 0.1) is 5.92 Å². The molecule has 5 heteroatoms. The second-order valence-electron chi connectivity index (χ2n) is 5.88. The highest BCUT2D eigenvalue weighted by Crippen LogP contribution is 2.46. The molecular formula is C16H15ClN2O2. The van der Waals surface area contributed by atoms with E-state index in [9.17, 15) is 9.90 Å². The number of aliphatic carboxylic acids is 1. The van der Waals surface area contributed by atoms with Crippen molar-refractivity contribution in [3.63, 3.8) is 0 Å². The Morgan fingerprint density at radius 2 is 2.19 bits per heavy atom. The number of halogens is 1. The molecule has 2 aromatic rings. The highest BCUT2D eigenvalue weighted by Gasteiger charge is 2.49. The van der Waals surface area contributed by atoms with Crippen LogP contribution in [0.5, 0.6) is 0 Å². The van der Waals surface area contributed by atoms with E-state index < -0.39 is 5.97 Å². The van der Waals surface area contributed by atoms with Gasteiger partial charge in [-0.25, -0.2) is 0 Å². The number of fused-ring (bicyclic) bond motifs is 3. The van der Waals surface area contributed by atoms with Gasteiger partial charge in [-0.2, -0.15) is 0 Å². The van der Waals surface area contributed by atoms with Gasteiger partial charge in [0.1, 0.15) is 0 Å². The number of nitrogens with zero attached hydrogens (tertiary/aromatic N) is 2. The first-order chi connectivity index (χ1) is 10.1. The minimum Gasteiger partial charge on any atom is -0.481 e. The molecule has 2 bridgehead atoms. The fourth-order valence-corrected chi connectivity index (χ4v) is 4.13. The number of carboxylic acid groups (broad SMARTS) is 1. The molecular weight excluding hydrogens is 288 g/mol. The van der Waals surface area contributed by atoms with Crippen LogP contribution in [0.1, 0.15) is 19.3 Å². The van der Waals surface area contributed by atoms with Crippen molar-refractivity contribution in [2.75, 3.05) is 4.90 Å². The summed E-state index contributed by atoms with van der Waals surface area (Å²) in [7, 11) is 0. The van der Waals surface area contributed by atoms with Gasteiger partial charge in [0, 0.05) is 34.4 Å². The van der Waals surface area contributed by atoms with E-state index in [0.717, 1.165) is 35.9 Å². The lowest BCUT2D eigenvalue weighted by Crippen LogP contribution is -2.33. The standard InChI is InChI=1S/C16H15ClN2O2/c17-9-1-3-11-13(7-9)18-6-5-15(11)19-10-2-4-14(19)12(8-10)16(20)21/h1,3,5-7,10,12,14H,2,4,8H2,(H,20,21). The number of aromatic nitrogens is 1. The van der Waals surface area contributed by atoms with Gasteiger partial charge >= 0.3 is 5.97 Å². The molecule has 2 fully saturated rings. The molecule has 3 heterocycles. The fourth-order valence-electron chi connectivity index (χ4n) is 3.96. The monoisotopic (exact) mass is 302 g/mol. The molecule has 0 saturated carbocycles. The number of benzene rings is 1. The number of pyridine rings is 1. The van der Waals surface area contributed by atoms with Crippen molar-refractivity contribution >= 4 is 34.2 Å². The number of anilines is 1. The van der Waals surface area contributed by atoms with E-state index >= 15 is 0 Å². The van der Waals surface area contributed by atoms with E-state index in [0.29, 0.717) is 11.1 Å². The van der Waals surface area contributed by atoms with Gasteiger partial charge in [-0.3, -0.25) is 9.78 Å².